The van der Waals surface area contributed by atoms with Crippen LogP contribution in [0.2, 0.25) is 0 Å². The average molecular weight is 479 g/mol. The fourth-order valence-electron chi connectivity index (χ4n) is 4.64. The third kappa shape index (κ3) is 4.84. The minimum atomic E-state index is -0.613. The lowest BCUT2D eigenvalue weighted by molar-refractivity contribution is -0.167. The van der Waals surface area contributed by atoms with Crippen LogP contribution in [-0.2, 0) is 16.1 Å². The topological polar surface area (TPSA) is 83.3 Å². The van der Waals surface area contributed by atoms with E-state index < -0.39 is 6.10 Å². The van der Waals surface area contributed by atoms with Crippen molar-refractivity contribution in [3.05, 3.63) is 71.1 Å². The number of likely N-dealkylation sites (tertiary alicyclic amines) is 1. The minimum absolute atomic E-state index is 0.0351. The molecule has 2 saturated heterocycles. The predicted molar refractivity (Wildman–Crippen MR) is 128 cm³/mol. The average Bonchev–Trinajstić information content (AvgIpc) is 3.51. The number of ether oxygens (including phenoxy) is 4. The van der Waals surface area contributed by atoms with Crippen LogP contribution >= 0.6 is 0 Å². The molecule has 0 spiro atoms. The number of carbonyl (C=O) groups is 1. The highest BCUT2D eigenvalue weighted by molar-refractivity contribution is 5.89. The lowest BCUT2D eigenvalue weighted by Crippen LogP contribution is -2.62. The molecule has 8 nitrogen and oxygen atoms in total. The van der Waals surface area contributed by atoms with Gasteiger partial charge in [0.15, 0.2) is 0 Å². The molecule has 3 atom stereocenters. The number of hydrogen-bond acceptors (Lipinski definition) is 7. The summed E-state index contributed by atoms with van der Waals surface area (Å²) in [7, 11) is 1.61. The molecule has 2 aliphatic rings. The Balaban J connectivity index is 1.33. The zero-order valence-electron chi connectivity index (χ0n) is 20.2. The second-order valence-electron chi connectivity index (χ2n) is 8.95. The number of rotatable bonds is 9. The fourth-order valence-corrected chi connectivity index (χ4v) is 4.64. The number of nitrogens with zero attached hydrogens (tertiary/aromatic N) is 2. The molecule has 8 heteroatoms. The van der Waals surface area contributed by atoms with E-state index in [0.29, 0.717) is 24.7 Å². The second-order valence-corrected chi connectivity index (χ2v) is 8.95. The Morgan fingerprint density at radius 2 is 1.89 bits per heavy atom. The number of methoxy groups -OCH3 is 1. The van der Waals surface area contributed by atoms with E-state index >= 15 is 0 Å². The van der Waals surface area contributed by atoms with Gasteiger partial charge in [0, 0.05) is 19.2 Å². The maximum Gasteiger partial charge on any atom is 0.266 e. The van der Waals surface area contributed by atoms with E-state index in [1.165, 1.54) is 0 Å². The molecule has 1 amide bonds. The first kappa shape index (κ1) is 23.2. The molecule has 0 saturated carbocycles. The zero-order valence-corrected chi connectivity index (χ0v) is 20.2. The predicted octanol–water partition coefficient (Wildman–Crippen LogP) is 4.39. The molecule has 0 radical (unpaired) electrons. The van der Waals surface area contributed by atoms with Crippen molar-refractivity contribution in [3.63, 3.8) is 0 Å². The Labute approximate surface area is 204 Å². The van der Waals surface area contributed by atoms with Gasteiger partial charge in [-0.15, -0.1) is 0 Å². The number of carbonyl (C=O) groups excluding carboxylic acids is 1. The largest absolute Gasteiger partial charge is 0.497 e. The maximum atomic E-state index is 13.1. The molecule has 2 fully saturated rings. The van der Waals surface area contributed by atoms with Crippen LogP contribution in [0.25, 0.3) is 0 Å². The van der Waals surface area contributed by atoms with Crippen molar-refractivity contribution < 1.29 is 28.3 Å². The summed E-state index contributed by atoms with van der Waals surface area (Å²) in [6, 6.07) is 14.9. The first-order valence-corrected chi connectivity index (χ1v) is 11.9. The van der Waals surface area contributed by atoms with Gasteiger partial charge in [-0.05, 0) is 56.5 Å². The smallest absolute Gasteiger partial charge is 0.266 e. The first-order chi connectivity index (χ1) is 17.0. The quantitative estimate of drug-likeness (QED) is 0.422. The SMILES string of the molecule is COc1cccc(O[C@@H]2C(=O)N(C[C@H]3CCCO3)[C@@H]2c2ccc(OCc3c(C)noc3C)cc2)c1. The van der Waals surface area contributed by atoms with Crippen LogP contribution in [0.15, 0.2) is 53.1 Å². The van der Waals surface area contributed by atoms with Gasteiger partial charge in [-0.2, -0.15) is 0 Å². The fraction of sp³-hybridized carbons (Fsp3) is 0.407. The number of amides is 1. The Morgan fingerprint density at radius 3 is 2.57 bits per heavy atom. The lowest BCUT2D eigenvalue weighted by Gasteiger charge is -2.47. The van der Waals surface area contributed by atoms with Crippen molar-refractivity contribution in [2.45, 2.75) is 51.5 Å². The monoisotopic (exact) mass is 478 g/mol. The van der Waals surface area contributed by atoms with Gasteiger partial charge in [0.05, 0.1) is 24.5 Å². The molecular weight excluding hydrogens is 448 g/mol. The second kappa shape index (κ2) is 10.00. The van der Waals surface area contributed by atoms with Gasteiger partial charge >= 0.3 is 0 Å². The number of hydrogen-bond donors (Lipinski definition) is 0. The highest BCUT2D eigenvalue weighted by Gasteiger charge is 2.51. The van der Waals surface area contributed by atoms with E-state index in [4.69, 9.17) is 23.5 Å². The number of aromatic nitrogens is 1. The first-order valence-electron chi connectivity index (χ1n) is 11.9. The molecular formula is C27H30N2O6. The van der Waals surface area contributed by atoms with E-state index in [1.54, 1.807) is 13.2 Å². The van der Waals surface area contributed by atoms with Crippen LogP contribution in [0, 0.1) is 13.8 Å². The third-order valence-electron chi connectivity index (χ3n) is 6.66. The summed E-state index contributed by atoms with van der Waals surface area (Å²) >= 11 is 0. The third-order valence-corrected chi connectivity index (χ3v) is 6.66. The van der Waals surface area contributed by atoms with Crippen LogP contribution in [-0.4, -0.2) is 48.4 Å². The summed E-state index contributed by atoms with van der Waals surface area (Å²) in [6.07, 6.45) is 1.44. The molecule has 3 heterocycles. The van der Waals surface area contributed by atoms with Gasteiger partial charge in [-0.1, -0.05) is 23.4 Å². The molecule has 35 heavy (non-hydrogen) atoms. The van der Waals surface area contributed by atoms with Crippen LogP contribution in [0.5, 0.6) is 17.2 Å². The Hall–Kier alpha value is -3.52. The van der Waals surface area contributed by atoms with Crippen LogP contribution < -0.4 is 14.2 Å². The van der Waals surface area contributed by atoms with E-state index in [2.05, 4.69) is 5.16 Å². The molecule has 2 aliphatic heterocycles. The molecule has 3 aromatic rings. The zero-order chi connectivity index (χ0) is 24.4. The summed E-state index contributed by atoms with van der Waals surface area (Å²) < 4.78 is 28.4. The summed E-state index contributed by atoms with van der Waals surface area (Å²) in [6.45, 7) is 5.47. The van der Waals surface area contributed by atoms with Crippen LogP contribution in [0.1, 0.15) is 41.5 Å². The standard InChI is InChI=1S/C27H30N2O6/c1-17-24(18(2)35-28-17)16-33-20-11-9-19(10-12-20)25-26(34-22-7-4-6-21(14-22)31-3)27(30)29(25)15-23-8-5-13-32-23/h4,6-7,9-12,14,23,25-26H,5,8,13,15-16H2,1-3H3/t23-,25-,26+/m1/s1. The van der Waals surface area contributed by atoms with Crippen LogP contribution in [0.4, 0.5) is 0 Å². The van der Waals surface area contributed by atoms with Crippen molar-refractivity contribution in [1.82, 2.24) is 10.1 Å². The summed E-state index contributed by atoms with van der Waals surface area (Å²) in [4.78, 5) is 15.0. The van der Waals surface area contributed by atoms with E-state index in [1.807, 2.05) is 61.2 Å². The minimum Gasteiger partial charge on any atom is -0.497 e. The molecule has 2 aromatic carbocycles. The molecule has 0 aliphatic carbocycles. The maximum absolute atomic E-state index is 13.1. The molecule has 0 bridgehead atoms. The van der Waals surface area contributed by atoms with E-state index in [-0.39, 0.29) is 18.1 Å². The van der Waals surface area contributed by atoms with E-state index in [9.17, 15) is 4.79 Å². The normalized spacial score (nSPS) is 21.6. The Morgan fingerprint density at radius 1 is 1.09 bits per heavy atom. The lowest BCUT2D eigenvalue weighted by atomic mass is 9.89. The molecule has 0 unspecified atom stereocenters. The molecule has 0 N–H and O–H groups in total. The highest BCUT2D eigenvalue weighted by Crippen LogP contribution is 2.39. The van der Waals surface area contributed by atoms with Crippen molar-refractivity contribution in [2.75, 3.05) is 20.3 Å². The summed E-state index contributed by atoms with van der Waals surface area (Å²) in [5, 5.41) is 3.97. The van der Waals surface area contributed by atoms with Crippen molar-refractivity contribution in [1.29, 1.82) is 0 Å². The van der Waals surface area contributed by atoms with Gasteiger partial charge in [0.2, 0.25) is 6.10 Å². The van der Waals surface area contributed by atoms with Gasteiger partial charge < -0.3 is 28.4 Å². The van der Waals surface area contributed by atoms with Crippen molar-refractivity contribution in [2.24, 2.45) is 0 Å². The van der Waals surface area contributed by atoms with Gasteiger partial charge in [-0.25, -0.2) is 0 Å². The van der Waals surface area contributed by atoms with Gasteiger partial charge in [-0.3, -0.25) is 4.79 Å². The molecule has 1 aromatic heterocycles. The van der Waals surface area contributed by atoms with Crippen molar-refractivity contribution in [3.8, 4) is 17.2 Å². The van der Waals surface area contributed by atoms with Crippen LogP contribution in [0.3, 0.4) is 0 Å². The van der Waals surface area contributed by atoms with Crippen molar-refractivity contribution >= 4 is 5.91 Å². The number of β-lactam (4-membered cyclic amide) rings is 1. The summed E-state index contributed by atoms with van der Waals surface area (Å²) in [5.41, 5.74) is 2.77. The Bertz CT molecular complexity index is 1150. The number of aryl methyl sites for hydroxylation is 2. The molecule has 5 rings (SSSR count). The highest BCUT2D eigenvalue weighted by atomic mass is 16.5. The molecule has 184 valence electrons. The Kier molecular flexibility index (Phi) is 6.63. The number of benzene rings is 2. The summed E-state index contributed by atoms with van der Waals surface area (Å²) in [5.74, 6) is 2.74. The van der Waals surface area contributed by atoms with Gasteiger partial charge in [0.25, 0.3) is 5.91 Å². The van der Waals surface area contributed by atoms with Gasteiger partial charge in [0.1, 0.15) is 35.7 Å². The van der Waals surface area contributed by atoms with E-state index in [0.717, 1.165) is 47.8 Å².